The number of rotatable bonds is 6. The molecule has 0 atom stereocenters. The van der Waals surface area contributed by atoms with Crippen LogP contribution in [0.15, 0.2) is 36.4 Å². The van der Waals surface area contributed by atoms with Gasteiger partial charge in [0.2, 0.25) is 5.91 Å². The zero-order valence-electron chi connectivity index (χ0n) is 15.4. The van der Waals surface area contributed by atoms with Crippen molar-refractivity contribution >= 4 is 29.1 Å². The average molecular weight is 386 g/mol. The van der Waals surface area contributed by atoms with Crippen LogP contribution in [0, 0.1) is 25.2 Å². The summed E-state index contributed by atoms with van der Waals surface area (Å²) in [7, 11) is 1.52. The van der Waals surface area contributed by atoms with Gasteiger partial charge in [0, 0.05) is 12.7 Å². The summed E-state index contributed by atoms with van der Waals surface area (Å²) in [5.74, 6) is -0.361. The highest BCUT2D eigenvalue weighted by atomic mass is 35.5. The molecule has 0 aliphatic rings. The Balaban J connectivity index is 1.89. The summed E-state index contributed by atoms with van der Waals surface area (Å²) in [4.78, 5) is 25.7. The average Bonchev–Trinajstić information content (AvgIpc) is 2.63. The zero-order valence-corrected chi connectivity index (χ0v) is 16.1. The molecule has 0 aromatic heterocycles. The third-order valence-corrected chi connectivity index (χ3v) is 4.18. The number of anilines is 1. The molecule has 0 radical (unpaired) electrons. The molecule has 0 saturated carbocycles. The number of carbonyl (C=O) groups excluding carboxylic acids is 2. The largest absolute Gasteiger partial charge is 0.482 e. The highest BCUT2D eigenvalue weighted by Crippen LogP contribution is 2.25. The van der Waals surface area contributed by atoms with Crippen molar-refractivity contribution < 1.29 is 14.3 Å². The first kappa shape index (κ1) is 20.3. The number of nitrogens with zero attached hydrogens (tertiary/aromatic N) is 2. The smallest absolute Gasteiger partial charge is 0.260 e. The van der Waals surface area contributed by atoms with Crippen molar-refractivity contribution in [2.75, 3.05) is 25.5 Å². The SMILES string of the molecule is Cc1ccc(C)c(NC(=O)CN(C)C(=O)COc2ccc(C#N)cc2Cl)c1. The Bertz CT molecular complexity index is 906. The molecule has 140 valence electrons. The molecular weight excluding hydrogens is 366 g/mol. The molecule has 0 heterocycles. The molecule has 0 aliphatic carbocycles. The number of aryl methyl sites for hydroxylation is 2. The summed E-state index contributed by atoms with van der Waals surface area (Å²) in [6.45, 7) is 3.48. The predicted molar refractivity (Wildman–Crippen MR) is 104 cm³/mol. The molecule has 7 heteroatoms. The van der Waals surface area contributed by atoms with Gasteiger partial charge >= 0.3 is 0 Å². The highest BCUT2D eigenvalue weighted by molar-refractivity contribution is 6.32. The van der Waals surface area contributed by atoms with Crippen LogP contribution in [0.5, 0.6) is 5.75 Å². The topological polar surface area (TPSA) is 82.4 Å². The second kappa shape index (κ2) is 9.06. The molecule has 0 bridgehead atoms. The molecule has 6 nitrogen and oxygen atoms in total. The van der Waals surface area contributed by atoms with Crippen LogP contribution >= 0.6 is 11.6 Å². The van der Waals surface area contributed by atoms with E-state index in [0.29, 0.717) is 11.3 Å². The van der Waals surface area contributed by atoms with E-state index in [1.807, 2.05) is 38.1 Å². The molecular formula is C20H20ClN3O3. The van der Waals surface area contributed by atoms with E-state index in [-0.39, 0.29) is 30.0 Å². The number of halogens is 1. The molecule has 0 saturated heterocycles. The molecule has 2 rings (SSSR count). The van der Waals surface area contributed by atoms with Crippen molar-refractivity contribution in [3.8, 4) is 11.8 Å². The Labute approximate surface area is 163 Å². The standard InChI is InChI=1S/C20H20ClN3O3/c1-13-4-5-14(2)17(8-13)23-19(25)11-24(3)20(26)12-27-18-7-6-15(10-22)9-16(18)21/h4-9H,11-12H2,1-3H3,(H,23,25). The van der Waals surface area contributed by atoms with E-state index < -0.39 is 0 Å². The van der Waals surface area contributed by atoms with Crippen LogP contribution in [0.3, 0.4) is 0 Å². The van der Waals surface area contributed by atoms with Crippen LogP contribution in [0.4, 0.5) is 5.69 Å². The first-order valence-corrected chi connectivity index (χ1v) is 8.61. The van der Waals surface area contributed by atoms with Gasteiger partial charge in [0.05, 0.1) is 23.2 Å². The number of likely N-dealkylation sites (N-methyl/N-ethyl adjacent to an activating group) is 1. The normalized spacial score (nSPS) is 10.0. The van der Waals surface area contributed by atoms with E-state index in [2.05, 4.69) is 5.32 Å². The van der Waals surface area contributed by atoms with E-state index in [1.165, 1.54) is 24.1 Å². The monoisotopic (exact) mass is 385 g/mol. The van der Waals surface area contributed by atoms with Gasteiger partial charge in [-0.2, -0.15) is 5.26 Å². The molecule has 0 spiro atoms. The molecule has 2 amide bonds. The zero-order chi connectivity index (χ0) is 20.0. The maximum atomic E-state index is 12.2. The van der Waals surface area contributed by atoms with Crippen molar-refractivity contribution in [1.82, 2.24) is 4.90 Å². The third kappa shape index (κ3) is 5.73. The maximum Gasteiger partial charge on any atom is 0.260 e. The van der Waals surface area contributed by atoms with Gasteiger partial charge in [0.15, 0.2) is 6.61 Å². The fourth-order valence-electron chi connectivity index (χ4n) is 2.30. The number of nitriles is 1. The lowest BCUT2D eigenvalue weighted by molar-refractivity contribution is -0.135. The first-order chi connectivity index (χ1) is 12.8. The van der Waals surface area contributed by atoms with Gasteiger partial charge in [-0.1, -0.05) is 23.7 Å². The van der Waals surface area contributed by atoms with Gasteiger partial charge < -0.3 is 15.0 Å². The summed E-state index contributed by atoms with van der Waals surface area (Å²) < 4.78 is 5.39. The highest BCUT2D eigenvalue weighted by Gasteiger charge is 2.15. The predicted octanol–water partition coefficient (Wildman–Crippen LogP) is 3.30. The fourth-order valence-corrected chi connectivity index (χ4v) is 2.54. The second-order valence-corrected chi connectivity index (χ2v) is 6.57. The molecule has 0 aliphatic heterocycles. The van der Waals surface area contributed by atoms with Crippen LogP contribution in [0.25, 0.3) is 0 Å². The summed E-state index contributed by atoms with van der Waals surface area (Å²) in [6, 6.07) is 12.3. The number of ether oxygens (including phenoxy) is 1. The second-order valence-electron chi connectivity index (χ2n) is 6.16. The van der Waals surface area contributed by atoms with Crippen molar-refractivity contribution in [1.29, 1.82) is 5.26 Å². The van der Waals surface area contributed by atoms with Crippen LogP contribution in [0.1, 0.15) is 16.7 Å². The van der Waals surface area contributed by atoms with Gasteiger partial charge in [-0.05, 0) is 49.2 Å². The quantitative estimate of drug-likeness (QED) is 0.827. The summed E-state index contributed by atoms with van der Waals surface area (Å²) in [5, 5.41) is 11.9. The first-order valence-electron chi connectivity index (χ1n) is 8.23. The van der Waals surface area contributed by atoms with E-state index in [1.54, 1.807) is 6.07 Å². The summed E-state index contributed by atoms with van der Waals surface area (Å²) in [6.07, 6.45) is 0. The minimum Gasteiger partial charge on any atom is -0.482 e. The van der Waals surface area contributed by atoms with Crippen molar-refractivity contribution in [2.45, 2.75) is 13.8 Å². The Kier molecular flexibility index (Phi) is 6.80. The maximum absolute atomic E-state index is 12.2. The Morgan fingerprint density at radius 2 is 1.96 bits per heavy atom. The van der Waals surface area contributed by atoms with E-state index >= 15 is 0 Å². The fraction of sp³-hybridized carbons (Fsp3) is 0.250. The molecule has 0 fully saturated rings. The third-order valence-electron chi connectivity index (χ3n) is 3.89. The Hall–Kier alpha value is -3.04. The number of benzene rings is 2. The molecule has 1 N–H and O–H groups in total. The summed E-state index contributed by atoms with van der Waals surface area (Å²) >= 11 is 6.01. The van der Waals surface area contributed by atoms with Gasteiger partial charge in [0.1, 0.15) is 5.75 Å². The lowest BCUT2D eigenvalue weighted by atomic mass is 10.1. The van der Waals surface area contributed by atoms with Gasteiger partial charge in [-0.15, -0.1) is 0 Å². The van der Waals surface area contributed by atoms with Gasteiger partial charge in [0.25, 0.3) is 5.91 Å². The lowest BCUT2D eigenvalue weighted by Crippen LogP contribution is -2.37. The van der Waals surface area contributed by atoms with Crippen LogP contribution < -0.4 is 10.1 Å². The minimum atomic E-state index is -0.369. The molecule has 2 aromatic rings. The number of hydrogen-bond acceptors (Lipinski definition) is 4. The molecule has 2 aromatic carbocycles. The van der Waals surface area contributed by atoms with Gasteiger partial charge in [-0.3, -0.25) is 9.59 Å². The van der Waals surface area contributed by atoms with E-state index in [4.69, 9.17) is 21.6 Å². The number of amides is 2. The van der Waals surface area contributed by atoms with Crippen LogP contribution in [-0.4, -0.2) is 36.9 Å². The van der Waals surface area contributed by atoms with Crippen molar-refractivity contribution in [3.63, 3.8) is 0 Å². The summed E-state index contributed by atoms with van der Waals surface area (Å²) in [5.41, 5.74) is 3.11. The Morgan fingerprint density at radius 1 is 1.22 bits per heavy atom. The van der Waals surface area contributed by atoms with E-state index in [9.17, 15) is 9.59 Å². The van der Waals surface area contributed by atoms with Crippen LogP contribution in [0.2, 0.25) is 5.02 Å². The van der Waals surface area contributed by atoms with Gasteiger partial charge in [-0.25, -0.2) is 0 Å². The van der Waals surface area contributed by atoms with Crippen LogP contribution in [-0.2, 0) is 9.59 Å². The number of carbonyl (C=O) groups is 2. The molecule has 0 unspecified atom stereocenters. The van der Waals surface area contributed by atoms with Crippen molar-refractivity contribution in [2.24, 2.45) is 0 Å². The Morgan fingerprint density at radius 3 is 2.63 bits per heavy atom. The number of hydrogen-bond donors (Lipinski definition) is 1. The van der Waals surface area contributed by atoms with Crippen molar-refractivity contribution in [3.05, 3.63) is 58.1 Å². The van der Waals surface area contributed by atoms with E-state index in [0.717, 1.165) is 16.8 Å². The minimum absolute atomic E-state index is 0.101. The lowest BCUT2D eigenvalue weighted by Gasteiger charge is -2.18. The molecule has 27 heavy (non-hydrogen) atoms. The number of nitrogens with one attached hydrogen (secondary N) is 1.